The average Bonchev–Trinajstić information content (AvgIpc) is 2.32. The molecular formula is C12H9ClFNO6S. The molecule has 7 nitrogen and oxygen atoms in total. The van der Waals surface area contributed by atoms with Gasteiger partial charge < -0.3 is 9.17 Å². The molecule has 0 saturated carbocycles. The molecule has 0 bridgehead atoms. The zero-order valence-corrected chi connectivity index (χ0v) is 12.8. The van der Waals surface area contributed by atoms with E-state index < -0.39 is 33.3 Å². The highest BCUT2D eigenvalue weighted by Gasteiger charge is 2.23. The fourth-order valence-electron chi connectivity index (χ4n) is 2.16. The number of hydrogen-bond acceptors (Lipinski definition) is 5. The first-order chi connectivity index (χ1) is 10.0. The van der Waals surface area contributed by atoms with Gasteiger partial charge in [0.05, 0.1) is 21.5 Å². The number of H-pyrrole nitrogens is 1. The largest absolute Gasteiger partial charge is 0.446 e. The van der Waals surface area contributed by atoms with Crippen LogP contribution in [0.5, 0.6) is 5.75 Å². The summed E-state index contributed by atoms with van der Waals surface area (Å²) in [6.07, 6.45) is 0. The van der Waals surface area contributed by atoms with Crippen molar-refractivity contribution in [3.8, 4) is 5.75 Å². The number of pyridine rings is 1. The number of benzene rings is 1. The molecule has 1 aromatic carbocycles. The van der Waals surface area contributed by atoms with Crippen LogP contribution in [0.1, 0.15) is 22.8 Å². The number of aromatic amines is 1. The van der Waals surface area contributed by atoms with E-state index >= 15 is 0 Å². The van der Waals surface area contributed by atoms with E-state index in [9.17, 15) is 22.4 Å². The Morgan fingerprint density at radius 3 is 2.55 bits per heavy atom. The second kappa shape index (κ2) is 5.34. The van der Waals surface area contributed by atoms with Crippen molar-refractivity contribution in [3.05, 3.63) is 38.4 Å². The van der Waals surface area contributed by atoms with Crippen LogP contribution in [0, 0.1) is 12.7 Å². The Bertz CT molecular complexity index is 966. The highest BCUT2D eigenvalue weighted by molar-refractivity contribution is 7.81. The van der Waals surface area contributed by atoms with Crippen LogP contribution >= 0.6 is 11.6 Å². The summed E-state index contributed by atoms with van der Waals surface area (Å²) in [5.74, 6) is -2.66. The number of carbonyl (C=O) groups is 1. The SMILES string of the molecule is CC(=O)c1c(C)c2c(OS(=O)(=O)O)c(F)cc(Cl)c2[nH]c1=O. The fraction of sp³-hybridized carbons (Fsp3) is 0.167. The van der Waals surface area contributed by atoms with Gasteiger partial charge in [0.25, 0.3) is 5.56 Å². The first kappa shape index (κ1) is 16.4. The molecule has 1 heterocycles. The third kappa shape index (κ3) is 2.82. The maximum Gasteiger partial charge on any atom is 0.446 e. The second-order valence-corrected chi connectivity index (χ2v) is 5.87. The van der Waals surface area contributed by atoms with Gasteiger partial charge in [0.1, 0.15) is 0 Å². The molecule has 0 spiro atoms. The van der Waals surface area contributed by atoms with E-state index in [4.69, 9.17) is 16.2 Å². The molecule has 0 amide bonds. The van der Waals surface area contributed by atoms with Gasteiger partial charge in [0, 0.05) is 0 Å². The van der Waals surface area contributed by atoms with Gasteiger partial charge >= 0.3 is 10.4 Å². The highest BCUT2D eigenvalue weighted by Crippen LogP contribution is 2.36. The average molecular weight is 350 g/mol. The number of rotatable bonds is 3. The third-order valence-corrected chi connectivity index (χ3v) is 3.62. The summed E-state index contributed by atoms with van der Waals surface area (Å²) in [7, 11) is -5.02. The summed E-state index contributed by atoms with van der Waals surface area (Å²) in [5, 5.41) is -0.446. The normalized spacial score (nSPS) is 11.7. The number of hydrogen-bond donors (Lipinski definition) is 2. The van der Waals surface area contributed by atoms with Crippen molar-refractivity contribution in [2.45, 2.75) is 13.8 Å². The first-order valence-corrected chi connectivity index (χ1v) is 7.49. The zero-order valence-electron chi connectivity index (χ0n) is 11.2. The zero-order chi connectivity index (χ0) is 16.8. The van der Waals surface area contributed by atoms with Gasteiger partial charge in [0.2, 0.25) is 0 Å². The Kier molecular flexibility index (Phi) is 3.98. The van der Waals surface area contributed by atoms with Crippen LogP contribution < -0.4 is 9.74 Å². The third-order valence-electron chi connectivity index (χ3n) is 2.94. The van der Waals surface area contributed by atoms with Gasteiger partial charge in [0.15, 0.2) is 17.3 Å². The monoisotopic (exact) mass is 349 g/mol. The molecule has 0 saturated heterocycles. The van der Waals surface area contributed by atoms with Crippen LogP contribution in [0.25, 0.3) is 10.9 Å². The molecule has 2 N–H and O–H groups in total. The van der Waals surface area contributed by atoms with Crippen LogP contribution in [0.15, 0.2) is 10.9 Å². The van der Waals surface area contributed by atoms with E-state index in [1.807, 2.05) is 0 Å². The maximum absolute atomic E-state index is 14.0. The number of nitrogens with one attached hydrogen (secondary N) is 1. The highest BCUT2D eigenvalue weighted by atomic mass is 35.5. The number of aromatic nitrogens is 1. The molecule has 0 fully saturated rings. The molecule has 1 aromatic heterocycles. The molecule has 10 heteroatoms. The Labute approximate surface area is 128 Å². The molecule has 0 atom stereocenters. The molecular weight excluding hydrogens is 341 g/mol. The summed E-state index contributed by atoms with van der Waals surface area (Å²) in [6, 6.07) is 0.715. The summed E-state index contributed by atoms with van der Waals surface area (Å²) < 4.78 is 48.7. The van der Waals surface area contributed by atoms with Crippen molar-refractivity contribution in [3.63, 3.8) is 0 Å². The Morgan fingerprint density at radius 2 is 2.05 bits per heavy atom. The van der Waals surface area contributed by atoms with Crippen LogP contribution in [0.4, 0.5) is 4.39 Å². The predicted octanol–water partition coefficient (Wildman–Crippen LogP) is 2.01. The summed E-state index contributed by atoms with van der Waals surface area (Å²) in [5.41, 5.74) is -1.20. The van der Waals surface area contributed by atoms with Crippen molar-refractivity contribution >= 4 is 38.7 Å². The minimum Gasteiger partial charge on any atom is -0.358 e. The standard InChI is InChI=1S/C12H9ClFNO6S/c1-4-8(5(2)16)12(17)15-10-6(13)3-7(14)11(9(4)10)21-22(18,19)20/h3H,1-2H3,(H,15,17)(H,18,19,20). The van der Waals surface area contributed by atoms with E-state index in [2.05, 4.69) is 9.17 Å². The molecule has 0 aliphatic rings. The van der Waals surface area contributed by atoms with Gasteiger partial charge in [-0.3, -0.25) is 14.1 Å². The van der Waals surface area contributed by atoms with Gasteiger partial charge in [-0.15, -0.1) is 0 Å². The molecule has 0 aliphatic carbocycles. The number of Topliss-reactive ketones (excluding diaryl/α,β-unsaturated/α-hetero) is 1. The van der Waals surface area contributed by atoms with E-state index in [1.165, 1.54) is 6.92 Å². The molecule has 0 aliphatic heterocycles. The van der Waals surface area contributed by atoms with Crippen molar-refractivity contribution in [1.29, 1.82) is 0 Å². The molecule has 0 unspecified atom stereocenters. The van der Waals surface area contributed by atoms with Crippen molar-refractivity contribution in [2.75, 3.05) is 0 Å². The van der Waals surface area contributed by atoms with Gasteiger partial charge in [-0.05, 0) is 25.5 Å². The van der Waals surface area contributed by atoms with E-state index in [1.54, 1.807) is 0 Å². The minimum atomic E-state index is -5.02. The van der Waals surface area contributed by atoms with Gasteiger partial charge in [-0.1, -0.05) is 11.6 Å². The smallest absolute Gasteiger partial charge is 0.358 e. The first-order valence-electron chi connectivity index (χ1n) is 5.75. The second-order valence-electron chi connectivity index (χ2n) is 4.44. The van der Waals surface area contributed by atoms with E-state index in [0.29, 0.717) is 6.07 Å². The van der Waals surface area contributed by atoms with Gasteiger partial charge in [-0.2, -0.15) is 8.42 Å². The molecule has 22 heavy (non-hydrogen) atoms. The van der Waals surface area contributed by atoms with Crippen LogP contribution in [-0.4, -0.2) is 23.7 Å². The quantitative estimate of drug-likeness (QED) is 0.647. The molecule has 2 rings (SSSR count). The number of aryl methyl sites for hydroxylation is 1. The minimum absolute atomic E-state index is 0.0219. The molecule has 2 aromatic rings. The lowest BCUT2D eigenvalue weighted by Crippen LogP contribution is -2.19. The molecule has 118 valence electrons. The lowest BCUT2D eigenvalue weighted by atomic mass is 10.0. The predicted molar refractivity (Wildman–Crippen MR) is 76.5 cm³/mol. The number of ketones is 1. The van der Waals surface area contributed by atoms with E-state index in [-0.39, 0.29) is 27.1 Å². The van der Waals surface area contributed by atoms with Crippen molar-refractivity contribution < 1.29 is 26.3 Å². The molecule has 0 radical (unpaired) electrons. The topological polar surface area (TPSA) is 114 Å². The Morgan fingerprint density at radius 1 is 1.45 bits per heavy atom. The van der Waals surface area contributed by atoms with Crippen LogP contribution in [0.3, 0.4) is 0 Å². The fourth-order valence-corrected chi connectivity index (χ4v) is 2.77. The summed E-state index contributed by atoms with van der Waals surface area (Å²) in [6.45, 7) is 2.43. The van der Waals surface area contributed by atoms with E-state index in [0.717, 1.165) is 6.92 Å². The van der Waals surface area contributed by atoms with Crippen molar-refractivity contribution in [2.24, 2.45) is 0 Å². The number of halogens is 2. The lowest BCUT2D eigenvalue weighted by molar-refractivity contribution is 0.101. The van der Waals surface area contributed by atoms with Crippen LogP contribution in [0.2, 0.25) is 5.02 Å². The summed E-state index contributed by atoms with van der Waals surface area (Å²) >= 11 is 5.82. The summed E-state index contributed by atoms with van der Waals surface area (Å²) in [4.78, 5) is 25.7. The van der Waals surface area contributed by atoms with Crippen molar-refractivity contribution in [1.82, 2.24) is 4.98 Å². The Hall–Kier alpha value is -1.97. The number of carbonyl (C=O) groups excluding carboxylic acids is 1. The van der Waals surface area contributed by atoms with Gasteiger partial charge in [-0.25, -0.2) is 4.39 Å². The number of fused-ring (bicyclic) bond motifs is 1. The maximum atomic E-state index is 14.0. The lowest BCUT2D eigenvalue weighted by Gasteiger charge is -2.12. The Balaban J connectivity index is 3.06. The van der Waals surface area contributed by atoms with Crippen LogP contribution in [-0.2, 0) is 10.4 Å².